The van der Waals surface area contributed by atoms with Crippen molar-refractivity contribution < 1.29 is 0 Å². The highest BCUT2D eigenvalue weighted by molar-refractivity contribution is 5.80. The monoisotopic (exact) mass is 239 g/mol. The van der Waals surface area contributed by atoms with Gasteiger partial charge in [-0.1, -0.05) is 18.2 Å². The van der Waals surface area contributed by atoms with Gasteiger partial charge < -0.3 is 16.0 Å². The fourth-order valence-electron chi connectivity index (χ4n) is 2.23. The van der Waals surface area contributed by atoms with Crippen LogP contribution in [-0.4, -0.2) is 5.66 Å². The number of para-hydroxylation sites is 1. The number of rotatable bonds is 2. The Balaban J connectivity index is 1.85. The lowest BCUT2D eigenvalue weighted by Gasteiger charge is -2.19. The van der Waals surface area contributed by atoms with E-state index in [9.17, 15) is 0 Å². The van der Waals surface area contributed by atoms with Crippen molar-refractivity contribution in [2.75, 3.05) is 16.0 Å². The van der Waals surface area contributed by atoms with E-state index in [-0.39, 0.29) is 5.66 Å². The summed E-state index contributed by atoms with van der Waals surface area (Å²) in [5, 5.41) is 10.3. The van der Waals surface area contributed by atoms with E-state index in [2.05, 4.69) is 60.1 Å². The molecule has 0 unspecified atom stereocenters. The van der Waals surface area contributed by atoms with E-state index < -0.39 is 0 Å². The Morgan fingerprint density at radius 3 is 2.33 bits per heavy atom. The highest BCUT2D eigenvalue weighted by Gasteiger charge is 2.25. The van der Waals surface area contributed by atoms with Crippen LogP contribution < -0.4 is 16.0 Å². The van der Waals surface area contributed by atoms with Crippen LogP contribution in [0.2, 0.25) is 0 Å². The molecule has 92 valence electrons. The lowest BCUT2D eigenvalue weighted by atomic mass is 10.2. The highest BCUT2D eigenvalue weighted by atomic mass is 15.2. The van der Waals surface area contributed by atoms with Crippen molar-refractivity contribution >= 4 is 22.7 Å². The molecule has 0 fully saturated rings. The van der Waals surface area contributed by atoms with Gasteiger partial charge in [0.05, 0.1) is 11.4 Å². The molecule has 0 bridgehead atoms. The molecule has 2 aromatic rings. The first-order valence-electron chi connectivity index (χ1n) is 6.15. The minimum absolute atomic E-state index is 0.0757. The molecule has 0 amide bonds. The van der Waals surface area contributed by atoms with Crippen molar-refractivity contribution in [2.24, 2.45) is 0 Å². The second-order valence-corrected chi connectivity index (χ2v) is 5.13. The van der Waals surface area contributed by atoms with Crippen molar-refractivity contribution in [3.8, 4) is 0 Å². The molecule has 0 saturated carbocycles. The Bertz CT molecular complexity index is 561. The maximum atomic E-state index is 3.45. The average Bonchev–Trinajstić information content (AvgIpc) is 2.63. The average molecular weight is 239 g/mol. The topological polar surface area (TPSA) is 36.1 Å². The number of nitrogens with one attached hydrogen (secondary N) is 3. The first-order chi connectivity index (χ1) is 8.62. The van der Waals surface area contributed by atoms with E-state index in [0.717, 1.165) is 22.7 Å². The van der Waals surface area contributed by atoms with Gasteiger partial charge in [-0.05, 0) is 44.2 Å². The largest absolute Gasteiger partial charge is 0.362 e. The molecule has 3 nitrogen and oxygen atoms in total. The molecule has 0 aromatic heterocycles. The van der Waals surface area contributed by atoms with Gasteiger partial charge in [-0.2, -0.15) is 0 Å². The molecule has 0 radical (unpaired) electrons. The van der Waals surface area contributed by atoms with Crippen LogP contribution in [0.5, 0.6) is 0 Å². The maximum absolute atomic E-state index is 3.45. The summed E-state index contributed by atoms with van der Waals surface area (Å²) >= 11 is 0. The summed E-state index contributed by atoms with van der Waals surface area (Å²) in [5.74, 6) is 0. The fourth-order valence-corrected chi connectivity index (χ4v) is 2.23. The molecule has 0 saturated heterocycles. The van der Waals surface area contributed by atoms with Gasteiger partial charge in [0.1, 0.15) is 5.66 Å². The zero-order valence-corrected chi connectivity index (χ0v) is 10.6. The standard InChI is InChI=1S/C15H17N3/c1-15(2)17-13-9-8-12(10-14(13)18-15)16-11-6-4-3-5-7-11/h3-10,16-18H,1-2H3. The summed E-state index contributed by atoms with van der Waals surface area (Å²) in [6.45, 7) is 4.24. The van der Waals surface area contributed by atoms with Crippen LogP contribution in [0.25, 0.3) is 0 Å². The fraction of sp³-hybridized carbons (Fsp3) is 0.200. The third-order valence-electron chi connectivity index (χ3n) is 2.98. The number of hydrogen-bond acceptors (Lipinski definition) is 3. The molecule has 3 N–H and O–H groups in total. The van der Waals surface area contributed by atoms with Gasteiger partial charge in [0.2, 0.25) is 0 Å². The van der Waals surface area contributed by atoms with Crippen LogP contribution in [0.1, 0.15) is 13.8 Å². The Kier molecular flexibility index (Phi) is 2.40. The minimum atomic E-state index is -0.0757. The third-order valence-corrected chi connectivity index (χ3v) is 2.98. The summed E-state index contributed by atoms with van der Waals surface area (Å²) < 4.78 is 0. The summed E-state index contributed by atoms with van der Waals surface area (Å²) in [5.41, 5.74) is 4.41. The van der Waals surface area contributed by atoms with Crippen LogP contribution in [0, 0.1) is 0 Å². The number of benzene rings is 2. The van der Waals surface area contributed by atoms with Crippen LogP contribution in [0.4, 0.5) is 22.7 Å². The van der Waals surface area contributed by atoms with Gasteiger partial charge in [0.25, 0.3) is 0 Å². The van der Waals surface area contributed by atoms with Gasteiger partial charge in [-0.25, -0.2) is 0 Å². The Morgan fingerprint density at radius 1 is 0.833 bits per heavy atom. The van der Waals surface area contributed by atoms with Gasteiger partial charge in [-0.3, -0.25) is 0 Å². The molecular formula is C15H17N3. The Morgan fingerprint density at radius 2 is 1.56 bits per heavy atom. The van der Waals surface area contributed by atoms with Crippen LogP contribution in [0.3, 0.4) is 0 Å². The van der Waals surface area contributed by atoms with Gasteiger partial charge in [0.15, 0.2) is 0 Å². The zero-order valence-electron chi connectivity index (χ0n) is 10.6. The molecule has 0 atom stereocenters. The molecule has 3 heteroatoms. The summed E-state index contributed by atoms with van der Waals surface area (Å²) in [6, 6.07) is 16.5. The first kappa shape index (κ1) is 11.0. The second-order valence-electron chi connectivity index (χ2n) is 5.13. The molecule has 3 rings (SSSR count). The predicted molar refractivity (Wildman–Crippen MR) is 77.5 cm³/mol. The van der Waals surface area contributed by atoms with Crippen molar-refractivity contribution in [3.63, 3.8) is 0 Å². The Labute approximate surface area is 107 Å². The molecule has 1 aliphatic rings. The second kappa shape index (κ2) is 3.95. The minimum Gasteiger partial charge on any atom is -0.362 e. The highest BCUT2D eigenvalue weighted by Crippen LogP contribution is 2.36. The van der Waals surface area contributed by atoms with Gasteiger partial charge >= 0.3 is 0 Å². The lowest BCUT2D eigenvalue weighted by molar-refractivity contribution is 0.675. The van der Waals surface area contributed by atoms with E-state index in [1.54, 1.807) is 0 Å². The van der Waals surface area contributed by atoms with Crippen LogP contribution in [-0.2, 0) is 0 Å². The molecule has 0 aliphatic carbocycles. The SMILES string of the molecule is CC1(C)Nc2ccc(Nc3ccccc3)cc2N1. The third kappa shape index (κ3) is 2.12. The number of fused-ring (bicyclic) bond motifs is 1. The summed E-state index contributed by atoms with van der Waals surface area (Å²) in [4.78, 5) is 0. The Hall–Kier alpha value is -2.16. The van der Waals surface area contributed by atoms with Gasteiger partial charge in [-0.15, -0.1) is 0 Å². The predicted octanol–water partition coefficient (Wildman–Crippen LogP) is 4.00. The molecule has 18 heavy (non-hydrogen) atoms. The first-order valence-corrected chi connectivity index (χ1v) is 6.15. The summed E-state index contributed by atoms with van der Waals surface area (Å²) in [6.07, 6.45) is 0. The molecule has 1 aliphatic heterocycles. The smallest absolute Gasteiger partial charge is 0.102 e. The van der Waals surface area contributed by atoms with Crippen molar-refractivity contribution in [3.05, 3.63) is 48.5 Å². The zero-order chi connectivity index (χ0) is 12.6. The molecular weight excluding hydrogens is 222 g/mol. The van der Waals surface area contributed by atoms with Crippen molar-refractivity contribution in [2.45, 2.75) is 19.5 Å². The quantitative estimate of drug-likeness (QED) is 0.741. The van der Waals surface area contributed by atoms with Gasteiger partial charge in [0, 0.05) is 11.4 Å². The van der Waals surface area contributed by atoms with E-state index in [1.807, 2.05) is 18.2 Å². The van der Waals surface area contributed by atoms with E-state index in [0.29, 0.717) is 0 Å². The lowest BCUT2D eigenvalue weighted by Crippen LogP contribution is -2.33. The molecule has 0 spiro atoms. The van der Waals surface area contributed by atoms with Crippen LogP contribution >= 0.6 is 0 Å². The molecule has 2 aromatic carbocycles. The summed E-state index contributed by atoms with van der Waals surface area (Å²) in [7, 11) is 0. The molecule has 1 heterocycles. The van der Waals surface area contributed by atoms with Crippen LogP contribution in [0.15, 0.2) is 48.5 Å². The normalized spacial score (nSPS) is 15.4. The van der Waals surface area contributed by atoms with E-state index in [4.69, 9.17) is 0 Å². The number of anilines is 4. The number of hydrogen-bond donors (Lipinski definition) is 3. The maximum Gasteiger partial charge on any atom is 0.102 e. The van der Waals surface area contributed by atoms with E-state index >= 15 is 0 Å². The van der Waals surface area contributed by atoms with Crippen molar-refractivity contribution in [1.29, 1.82) is 0 Å². The van der Waals surface area contributed by atoms with E-state index in [1.165, 1.54) is 0 Å². The van der Waals surface area contributed by atoms with Crippen molar-refractivity contribution in [1.82, 2.24) is 0 Å².